The number of piperidine rings is 1. The summed E-state index contributed by atoms with van der Waals surface area (Å²) in [5.41, 5.74) is -0.315. The molecule has 2 unspecified atom stereocenters. The molecule has 0 radical (unpaired) electrons. The molecular formula is C24H43N3O4. The zero-order valence-corrected chi connectivity index (χ0v) is 20.6. The molecule has 1 aliphatic rings. The number of amides is 2. The molecule has 0 aliphatic carbocycles. The summed E-state index contributed by atoms with van der Waals surface area (Å²) in [6.07, 6.45) is 5.43. The van der Waals surface area contributed by atoms with Gasteiger partial charge in [-0.3, -0.25) is 14.5 Å². The monoisotopic (exact) mass is 437 g/mol. The van der Waals surface area contributed by atoms with Crippen LogP contribution in [0.25, 0.3) is 0 Å². The number of nitrogens with zero attached hydrogens (tertiary/aromatic N) is 1. The van der Waals surface area contributed by atoms with E-state index in [0.29, 0.717) is 6.04 Å². The number of rotatable bonds is 9. The van der Waals surface area contributed by atoms with Crippen LogP contribution < -0.4 is 10.6 Å². The van der Waals surface area contributed by atoms with Crippen LogP contribution in [0.2, 0.25) is 0 Å². The van der Waals surface area contributed by atoms with Crippen LogP contribution in [0, 0.1) is 11.3 Å². The van der Waals surface area contributed by atoms with Crippen molar-refractivity contribution < 1.29 is 19.5 Å². The average Bonchev–Trinajstić information content (AvgIpc) is 2.69. The highest BCUT2D eigenvalue weighted by atomic mass is 16.4. The van der Waals surface area contributed by atoms with Gasteiger partial charge in [-0.25, -0.2) is 4.79 Å². The van der Waals surface area contributed by atoms with Gasteiger partial charge in [-0.05, 0) is 51.0 Å². The number of hydrogen-bond acceptors (Lipinski definition) is 4. The molecule has 3 N–H and O–H groups in total. The Morgan fingerprint density at radius 3 is 2.23 bits per heavy atom. The molecule has 178 valence electrons. The van der Waals surface area contributed by atoms with E-state index in [1.807, 2.05) is 34.6 Å². The van der Waals surface area contributed by atoms with Crippen molar-refractivity contribution in [3.8, 4) is 0 Å². The third-order valence-electron chi connectivity index (χ3n) is 6.21. The standard InChI is InChI=1S/C24H43N3O4/c1-9-17(5)27-13-11-10-12-19(27)21(28)26-20(24(6,7)8)22(29)25-18(15(2)3)14-16(4)23(30)31/h14-15,17-20H,9-13H2,1-8H3,(H,25,29)(H,26,28)(H,30,31)/b16-14+/t17?,18-,19?,20-/m1/s1. The van der Waals surface area contributed by atoms with E-state index in [9.17, 15) is 19.5 Å². The normalized spacial score (nSPS) is 21.3. The van der Waals surface area contributed by atoms with Crippen LogP contribution in [0.4, 0.5) is 0 Å². The molecule has 1 heterocycles. The third-order valence-corrected chi connectivity index (χ3v) is 6.21. The van der Waals surface area contributed by atoms with Crippen LogP contribution in [-0.4, -0.2) is 58.5 Å². The van der Waals surface area contributed by atoms with Crippen molar-refractivity contribution in [2.75, 3.05) is 6.54 Å². The van der Waals surface area contributed by atoms with Crippen LogP contribution in [0.3, 0.4) is 0 Å². The first-order valence-corrected chi connectivity index (χ1v) is 11.6. The molecule has 0 aromatic rings. The maximum atomic E-state index is 13.3. The van der Waals surface area contributed by atoms with Crippen LogP contribution >= 0.6 is 0 Å². The number of nitrogens with one attached hydrogen (secondary N) is 2. The fraction of sp³-hybridized carbons (Fsp3) is 0.792. The summed E-state index contributed by atoms with van der Waals surface area (Å²) in [6, 6.07) is -1.07. The lowest BCUT2D eigenvalue weighted by atomic mass is 9.85. The molecule has 0 aromatic heterocycles. The van der Waals surface area contributed by atoms with Gasteiger partial charge >= 0.3 is 5.97 Å². The first-order valence-electron chi connectivity index (χ1n) is 11.6. The topological polar surface area (TPSA) is 98.7 Å². The van der Waals surface area contributed by atoms with Gasteiger partial charge in [0.2, 0.25) is 11.8 Å². The molecule has 31 heavy (non-hydrogen) atoms. The van der Waals surface area contributed by atoms with E-state index >= 15 is 0 Å². The number of carboxylic acids is 1. The summed E-state index contributed by atoms with van der Waals surface area (Å²) in [5, 5.41) is 15.2. The van der Waals surface area contributed by atoms with Gasteiger partial charge in [0.1, 0.15) is 6.04 Å². The molecule has 0 spiro atoms. The van der Waals surface area contributed by atoms with Crippen LogP contribution in [0.1, 0.15) is 81.1 Å². The van der Waals surface area contributed by atoms with Gasteiger partial charge in [-0.2, -0.15) is 0 Å². The predicted molar refractivity (Wildman–Crippen MR) is 124 cm³/mol. The predicted octanol–water partition coefficient (Wildman–Crippen LogP) is 3.34. The minimum absolute atomic E-state index is 0.00816. The van der Waals surface area contributed by atoms with Crippen molar-refractivity contribution >= 4 is 17.8 Å². The first kappa shape index (κ1) is 27.1. The van der Waals surface area contributed by atoms with Crippen molar-refractivity contribution in [2.24, 2.45) is 11.3 Å². The zero-order chi connectivity index (χ0) is 23.9. The second-order valence-electron chi connectivity index (χ2n) is 10.2. The fourth-order valence-electron chi connectivity index (χ4n) is 3.90. The molecule has 0 aromatic carbocycles. The minimum Gasteiger partial charge on any atom is -0.478 e. The van der Waals surface area contributed by atoms with E-state index < -0.39 is 23.5 Å². The van der Waals surface area contributed by atoms with Gasteiger partial charge in [0.25, 0.3) is 0 Å². The van der Waals surface area contributed by atoms with E-state index in [-0.39, 0.29) is 29.3 Å². The largest absolute Gasteiger partial charge is 0.478 e. The molecule has 0 saturated carbocycles. The first-order chi connectivity index (χ1) is 14.3. The summed E-state index contributed by atoms with van der Waals surface area (Å²) < 4.78 is 0. The van der Waals surface area contributed by atoms with Gasteiger partial charge in [0.15, 0.2) is 0 Å². The Balaban J connectivity index is 3.04. The highest BCUT2D eigenvalue weighted by Gasteiger charge is 2.38. The smallest absolute Gasteiger partial charge is 0.331 e. The molecule has 4 atom stereocenters. The minimum atomic E-state index is -1.01. The molecule has 0 bridgehead atoms. The Labute approximate surface area is 188 Å². The van der Waals surface area contributed by atoms with Gasteiger partial charge in [-0.15, -0.1) is 0 Å². The van der Waals surface area contributed by atoms with Crippen molar-refractivity contribution in [2.45, 2.75) is 105 Å². The SMILES string of the molecule is CCC(C)N1CCCCC1C(=O)N[C@H](C(=O)N[C@H](/C=C(\C)C(=O)O)C(C)C)C(C)(C)C. The van der Waals surface area contributed by atoms with Gasteiger partial charge in [0.05, 0.1) is 12.1 Å². The summed E-state index contributed by atoms with van der Waals surface area (Å²) in [7, 11) is 0. The van der Waals surface area contributed by atoms with Crippen LogP contribution in [0.15, 0.2) is 11.6 Å². The molecule has 2 amide bonds. The summed E-state index contributed by atoms with van der Waals surface area (Å²) in [6.45, 7) is 16.3. The molecule has 1 fully saturated rings. The zero-order valence-electron chi connectivity index (χ0n) is 20.6. The number of hydrogen-bond donors (Lipinski definition) is 3. The van der Waals surface area contributed by atoms with Gasteiger partial charge < -0.3 is 15.7 Å². The van der Waals surface area contributed by atoms with Crippen molar-refractivity contribution in [3.05, 3.63) is 11.6 Å². The van der Waals surface area contributed by atoms with E-state index in [1.165, 1.54) is 6.92 Å². The van der Waals surface area contributed by atoms with Crippen molar-refractivity contribution in [1.82, 2.24) is 15.5 Å². The molecular weight excluding hydrogens is 394 g/mol. The lowest BCUT2D eigenvalue weighted by molar-refractivity contribution is -0.136. The van der Waals surface area contributed by atoms with E-state index in [4.69, 9.17) is 0 Å². The van der Waals surface area contributed by atoms with Crippen molar-refractivity contribution in [1.29, 1.82) is 0 Å². The molecule has 1 aliphatic heterocycles. The Bertz CT molecular complexity index is 666. The van der Waals surface area contributed by atoms with Gasteiger partial charge in [-0.1, -0.05) is 54.0 Å². The summed E-state index contributed by atoms with van der Waals surface area (Å²) in [4.78, 5) is 40.0. The quantitative estimate of drug-likeness (QED) is 0.481. The van der Waals surface area contributed by atoms with Gasteiger partial charge in [0, 0.05) is 11.6 Å². The molecule has 1 rings (SSSR count). The number of carbonyl (C=O) groups is 3. The number of likely N-dealkylation sites (tertiary alicyclic amines) is 1. The van der Waals surface area contributed by atoms with E-state index in [0.717, 1.165) is 32.2 Å². The fourth-order valence-corrected chi connectivity index (χ4v) is 3.90. The lowest BCUT2D eigenvalue weighted by Gasteiger charge is -2.40. The average molecular weight is 438 g/mol. The van der Waals surface area contributed by atoms with Crippen molar-refractivity contribution in [3.63, 3.8) is 0 Å². The number of carbonyl (C=O) groups excluding carboxylic acids is 2. The summed E-state index contributed by atoms with van der Waals surface area (Å²) >= 11 is 0. The lowest BCUT2D eigenvalue weighted by Crippen LogP contribution is -2.60. The molecule has 7 nitrogen and oxygen atoms in total. The Morgan fingerprint density at radius 2 is 1.74 bits per heavy atom. The molecule has 1 saturated heterocycles. The van der Waals surface area contributed by atoms with E-state index in [1.54, 1.807) is 6.08 Å². The maximum absolute atomic E-state index is 13.3. The highest BCUT2D eigenvalue weighted by molar-refractivity contribution is 5.91. The number of aliphatic carboxylic acids is 1. The Hall–Kier alpha value is -1.89. The molecule has 7 heteroatoms. The Morgan fingerprint density at radius 1 is 1.13 bits per heavy atom. The van der Waals surface area contributed by atoms with Crippen LogP contribution in [-0.2, 0) is 14.4 Å². The second kappa shape index (κ2) is 11.7. The maximum Gasteiger partial charge on any atom is 0.331 e. The summed E-state index contributed by atoms with van der Waals surface area (Å²) in [5.74, 6) is -1.40. The van der Waals surface area contributed by atoms with Crippen LogP contribution in [0.5, 0.6) is 0 Å². The number of carboxylic acid groups (broad SMARTS) is 1. The highest BCUT2D eigenvalue weighted by Crippen LogP contribution is 2.24. The third kappa shape index (κ3) is 7.95. The second-order valence-corrected chi connectivity index (χ2v) is 10.2. The Kier molecular flexibility index (Phi) is 10.2. The van der Waals surface area contributed by atoms with E-state index in [2.05, 4.69) is 29.4 Å².